The molecule has 0 bridgehead atoms. The quantitative estimate of drug-likeness (QED) is 0.471. The van der Waals surface area contributed by atoms with Crippen LogP contribution in [-0.4, -0.2) is 30.1 Å². The molecule has 0 radical (unpaired) electrons. The molecule has 0 unspecified atom stereocenters. The average Bonchev–Trinajstić information content (AvgIpc) is 2.43. The molecule has 0 amide bonds. The Labute approximate surface area is 129 Å². The third-order valence-electron chi connectivity index (χ3n) is 3.42. The Hall–Kier alpha value is -1.97. The van der Waals surface area contributed by atoms with Gasteiger partial charge in [0.15, 0.2) is 6.19 Å². The Bertz CT molecular complexity index is 518. The van der Waals surface area contributed by atoms with Crippen LogP contribution < -0.4 is 4.90 Å². The van der Waals surface area contributed by atoms with E-state index >= 15 is 0 Å². The summed E-state index contributed by atoms with van der Waals surface area (Å²) >= 11 is 0. The van der Waals surface area contributed by atoms with E-state index in [-0.39, 0.29) is 0 Å². The molecule has 0 heterocycles. The summed E-state index contributed by atoms with van der Waals surface area (Å²) in [6.07, 6.45) is 2.19. The number of benzene rings is 1. The lowest BCUT2D eigenvalue weighted by atomic mass is 10.2. The van der Waals surface area contributed by atoms with Crippen LogP contribution in [0.1, 0.15) is 33.3 Å². The summed E-state index contributed by atoms with van der Waals surface area (Å²) in [6, 6.07) is 8.87. The van der Waals surface area contributed by atoms with Gasteiger partial charge in [0.2, 0.25) is 0 Å². The van der Waals surface area contributed by atoms with Crippen LogP contribution in [0.5, 0.6) is 0 Å². The minimum absolute atomic E-state index is 0.434. The summed E-state index contributed by atoms with van der Waals surface area (Å²) in [7, 11) is 0. The van der Waals surface area contributed by atoms with Gasteiger partial charge in [0.25, 0.3) is 0 Å². The molecule has 1 rings (SSSR count). The maximum absolute atomic E-state index is 9.23. The molecule has 0 fully saturated rings. The Morgan fingerprint density at radius 1 is 0.952 bits per heavy atom. The molecule has 3 nitrogen and oxygen atoms in total. The van der Waals surface area contributed by atoms with E-state index in [2.05, 4.69) is 50.6 Å². The monoisotopic (exact) mass is 283 g/mol. The van der Waals surface area contributed by atoms with Crippen LogP contribution >= 0.6 is 0 Å². The number of rotatable bonds is 5. The van der Waals surface area contributed by atoms with Crippen LogP contribution in [0.15, 0.2) is 24.3 Å². The predicted molar refractivity (Wildman–Crippen MR) is 88.9 cm³/mol. The van der Waals surface area contributed by atoms with Gasteiger partial charge in [-0.3, -0.25) is 9.80 Å². The SMILES string of the molecule is Cc1ccc(N(C#N)CC#CCN(C(C)C)C(C)C)cc1. The normalized spacial score (nSPS) is 10.4. The highest BCUT2D eigenvalue weighted by molar-refractivity contribution is 5.52. The van der Waals surface area contributed by atoms with Gasteiger partial charge in [-0.25, -0.2) is 0 Å². The highest BCUT2D eigenvalue weighted by atomic mass is 15.2. The third kappa shape index (κ3) is 5.50. The molecular weight excluding hydrogens is 258 g/mol. The van der Waals surface area contributed by atoms with Gasteiger partial charge in [-0.2, -0.15) is 5.26 Å². The van der Waals surface area contributed by atoms with Gasteiger partial charge in [0.1, 0.15) is 0 Å². The summed E-state index contributed by atoms with van der Waals surface area (Å²) in [5, 5.41) is 9.23. The largest absolute Gasteiger partial charge is 0.287 e. The molecule has 1 aromatic rings. The molecule has 0 N–H and O–H groups in total. The molecule has 1 aromatic carbocycles. The van der Waals surface area contributed by atoms with Crippen molar-refractivity contribution in [3.8, 4) is 18.0 Å². The Kier molecular flexibility index (Phi) is 6.79. The molecule has 0 aliphatic rings. The van der Waals surface area contributed by atoms with E-state index in [1.54, 1.807) is 4.90 Å². The molecular formula is C18H25N3. The summed E-state index contributed by atoms with van der Waals surface area (Å²) in [5.74, 6) is 6.28. The maximum Gasteiger partial charge on any atom is 0.185 e. The van der Waals surface area contributed by atoms with Gasteiger partial charge < -0.3 is 0 Å². The van der Waals surface area contributed by atoms with Crippen LogP contribution in [0.25, 0.3) is 0 Å². The van der Waals surface area contributed by atoms with Gasteiger partial charge in [0.05, 0.1) is 18.8 Å². The van der Waals surface area contributed by atoms with Crippen LogP contribution in [0, 0.1) is 30.2 Å². The minimum atomic E-state index is 0.434. The van der Waals surface area contributed by atoms with E-state index in [0.29, 0.717) is 18.6 Å². The van der Waals surface area contributed by atoms with Crippen molar-refractivity contribution in [2.45, 2.75) is 46.7 Å². The molecule has 0 spiro atoms. The fourth-order valence-electron chi connectivity index (χ4n) is 2.15. The molecule has 0 saturated carbocycles. The molecule has 0 aliphatic heterocycles. The zero-order valence-electron chi connectivity index (χ0n) is 13.7. The highest BCUT2D eigenvalue weighted by Crippen LogP contribution is 2.13. The van der Waals surface area contributed by atoms with Crippen molar-refractivity contribution in [3.05, 3.63) is 29.8 Å². The molecule has 0 aliphatic carbocycles. The van der Waals surface area contributed by atoms with E-state index in [4.69, 9.17) is 0 Å². The van der Waals surface area contributed by atoms with Gasteiger partial charge in [-0.1, -0.05) is 29.5 Å². The first-order valence-corrected chi connectivity index (χ1v) is 7.41. The Morgan fingerprint density at radius 3 is 1.95 bits per heavy atom. The summed E-state index contributed by atoms with van der Waals surface area (Å²) < 4.78 is 0. The lowest BCUT2D eigenvalue weighted by Crippen LogP contribution is -2.37. The van der Waals surface area contributed by atoms with E-state index in [1.165, 1.54) is 5.56 Å². The van der Waals surface area contributed by atoms with Crippen LogP contribution in [0.4, 0.5) is 5.69 Å². The Balaban J connectivity index is 2.63. The fraction of sp³-hybridized carbons (Fsp3) is 0.500. The molecule has 0 saturated heterocycles. The standard InChI is InChI=1S/C18H25N3/c1-15(2)21(16(3)4)13-7-6-12-20(14-19)18-10-8-17(5)9-11-18/h8-11,15-16H,12-13H2,1-5H3. The van der Waals surface area contributed by atoms with Crippen molar-refractivity contribution in [2.24, 2.45) is 0 Å². The zero-order valence-corrected chi connectivity index (χ0v) is 13.7. The highest BCUT2D eigenvalue weighted by Gasteiger charge is 2.11. The van der Waals surface area contributed by atoms with Crippen LogP contribution in [0.2, 0.25) is 0 Å². The van der Waals surface area contributed by atoms with Gasteiger partial charge in [-0.05, 0) is 46.8 Å². The summed E-state index contributed by atoms with van der Waals surface area (Å²) in [4.78, 5) is 3.94. The van der Waals surface area contributed by atoms with Crippen LogP contribution in [-0.2, 0) is 0 Å². The second-order valence-corrected chi connectivity index (χ2v) is 5.74. The number of aryl methyl sites for hydroxylation is 1. The Morgan fingerprint density at radius 2 is 1.48 bits per heavy atom. The lowest BCUT2D eigenvalue weighted by molar-refractivity contribution is 0.200. The van der Waals surface area contributed by atoms with Crippen LogP contribution in [0.3, 0.4) is 0 Å². The maximum atomic E-state index is 9.23. The van der Waals surface area contributed by atoms with Gasteiger partial charge >= 0.3 is 0 Å². The summed E-state index contributed by atoms with van der Waals surface area (Å²) in [5.41, 5.74) is 2.08. The predicted octanol–water partition coefficient (Wildman–Crippen LogP) is 3.40. The fourth-order valence-corrected chi connectivity index (χ4v) is 2.15. The number of hydrogen-bond donors (Lipinski definition) is 0. The van der Waals surface area contributed by atoms with E-state index in [1.807, 2.05) is 31.2 Å². The van der Waals surface area contributed by atoms with Gasteiger partial charge in [0, 0.05) is 12.1 Å². The number of hydrogen-bond acceptors (Lipinski definition) is 3. The van der Waals surface area contributed by atoms with E-state index < -0.39 is 0 Å². The van der Waals surface area contributed by atoms with Crippen molar-refractivity contribution in [1.82, 2.24) is 4.90 Å². The first kappa shape index (κ1) is 17.1. The number of nitrogens with zero attached hydrogens (tertiary/aromatic N) is 3. The average molecular weight is 283 g/mol. The second kappa shape index (κ2) is 8.35. The third-order valence-corrected chi connectivity index (χ3v) is 3.42. The molecule has 112 valence electrons. The molecule has 21 heavy (non-hydrogen) atoms. The zero-order chi connectivity index (χ0) is 15.8. The van der Waals surface area contributed by atoms with Crippen molar-refractivity contribution in [3.63, 3.8) is 0 Å². The molecule has 0 aromatic heterocycles. The van der Waals surface area contributed by atoms with E-state index in [0.717, 1.165) is 12.2 Å². The minimum Gasteiger partial charge on any atom is -0.287 e. The first-order valence-electron chi connectivity index (χ1n) is 7.41. The van der Waals surface area contributed by atoms with E-state index in [9.17, 15) is 5.26 Å². The second-order valence-electron chi connectivity index (χ2n) is 5.74. The number of nitriles is 1. The smallest absolute Gasteiger partial charge is 0.185 e. The van der Waals surface area contributed by atoms with Crippen molar-refractivity contribution >= 4 is 5.69 Å². The van der Waals surface area contributed by atoms with Crippen molar-refractivity contribution < 1.29 is 0 Å². The van der Waals surface area contributed by atoms with Crippen molar-refractivity contribution in [2.75, 3.05) is 18.0 Å². The van der Waals surface area contributed by atoms with Gasteiger partial charge in [-0.15, -0.1) is 0 Å². The van der Waals surface area contributed by atoms with Crippen molar-refractivity contribution in [1.29, 1.82) is 5.26 Å². The molecule has 3 heteroatoms. The number of anilines is 1. The lowest BCUT2D eigenvalue weighted by Gasteiger charge is -2.28. The first-order chi connectivity index (χ1) is 9.95. The summed E-state index contributed by atoms with van der Waals surface area (Å²) in [6.45, 7) is 11.9. The topological polar surface area (TPSA) is 30.3 Å². The molecule has 0 atom stereocenters.